The highest BCUT2D eigenvalue weighted by molar-refractivity contribution is 5.82. The Bertz CT molecular complexity index is 600. The first-order chi connectivity index (χ1) is 9.75. The predicted molar refractivity (Wildman–Crippen MR) is 79.2 cm³/mol. The fourth-order valence-electron chi connectivity index (χ4n) is 3.49. The van der Waals surface area contributed by atoms with E-state index in [0.717, 1.165) is 22.4 Å². The van der Waals surface area contributed by atoms with Gasteiger partial charge in [-0.1, -0.05) is 7.43 Å². The van der Waals surface area contributed by atoms with Crippen molar-refractivity contribution in [3.63, 3.8) is 0 Å². The van der Waals surface area contributed by atoms with E-state index in [-0.39, 0.29) is 32.4 Å². The third-order valence-corrected chi connectivity index (χ3v) is 4.36. The van der Waals surface area contributed by atoms with Crippen LogP contribution in [0, 0.1) is 5.92 Å². The molecule has 1 aliphatic carbocycles. The van der Waals surface area contributed by atoms with E-state index < -0.39 is 12.1 Å². The highest BCUT2D eigenvalue weighted by atomic mass is 19.4. The molecule has 122 valence electrons. The average Bonchev–Trinajstić information content (AvgIpc) is 2.39. The molecule has 2 atom stereocenters. The van der Waals surface area contributed by atoms with Gasteiger partial charge in [-0.3, -0.25) is 4.79 Å². The Balaban J connectivity index is 0.00000176. The fraction of sp³-hybridized carbons (Fsp3) is 0.533. The number of amides is 1. The van der Waals surface area contributed by atoms with Gasteiger partial charge < -0.3 is 16.4 Å². The fourth-order valence-corrected chi connectivity index (χ4v) is 3.49. The van der Waals surface area contributed by atoms with Gasteiger partial charge in [0, 0.05) is 19.0 Å². The summed E-state index contributed by atoms with van der Waals surface area (Å²) in [5, 5.41) is 0. The van der Waals surface area contributed by atoms with E-state index in [9.17, 15) is 18.0 Å². The van der Waals surface area contributed by atoms with Crippen LogP contribution in [-0.4, -0.2) is 30.1 Å². The molecule has 1 heterocycles. The molecule has 1 saturated heterocycles. The number of carbonyl (C=O) groups is 1. The van der Waals surface area contributed by atoms with Gasteiger partial charge in [0.2, 0.25) is 0 Å². The van der Waals surface area contributed by atoms with Gasteiger partial charge >= 0.3 is 12.1 Å². The Morgan fingerprint density at radius 3 is 2.45 bits per heavy atom. The van der Waals surface area contributed by atoms with Gasteiger partial charge in [-0.15, -0.1) is 0 Å². The topological polar surface area (TPSA) is 72.3 Å². The van der Waals surface area contributed by atoms with Crippen LogP contribution in [0.2, 0.25) is 0 Å². The van der Waals surface area contributed by atoms with Crippen LogP contribution in [0.15, 0.2) is 12.1 Å². The average molecular weight is 315 g/mol. The number of carbonyl (C=O) groups excluding carboxylic acids is 1. The highest BCUT2D eigenvalue weighted by Crippen LogP contribution is 2.42. The summed E-state index contributed by atoms with van der Waals surface area (Å²) in [4.78, 5) is 12.4. The number of nitrogens with two attached hydrogens (primary N) is 2. The summed E-state index contributed by atoms with van der Waals surface area (Å²) in [5.74, 6) is -1.80. The van der Waals surface area contributed by atoms with E-state index in [4.69, 9.17) is 11.5 Å². The molecule has 2 unspecified atom stereocenters. The van der Waals surface area contributed by atoms with E-state index in [1.165, 1.54) is 0 Å². The zero-order valence-electron chi connectivity index (χ0n) is 11.3. The van der Waals surface area contributed by atoms with Gasteiger partial charge in [0.15, 0.2) is 0 Å². The molecule has 1 aromatic rings. The lowest BCUT2D eigenvalue weighted by molar-refractivity contribution is -0.187. The standard InChI is InChI=1S/C14H16F3N3O.CH4/c15-14(16,17)13(21)20-5-7-1-8-3-11(18)12(19)4-10(8)9(2-7)6-20;/h3-4,7,9H,1-2,5-6,18-19H2;1H4. The molecule has 7 heteroatoms. The van der Waals surface area contributed by atoms with Crippen molar-refractivity contribution in [1.82, 2.24) is 4.90 Å². The molecular weight excluding hydrogens is 295 g/mol. The number of rotatable bonds is 0. The van der Waals surface area contributed by atoms with Crippen molar-refractivity contribution >= 4 is 17.3 Å². The second-order valence-electron chi connectivity index (χ2n) is 5.89. The number of hydrogen-bond acceptors (Lipinski definition) is 3. The van der Waals surface area contributed by atoms with Gasteiger partial charge in [0.05, 0.1) is 11.4 Å². The second kappa shape index (κ2) is 5.37. The maximum atomic E-state index is 12.6. The lowest BCUT2D eigenvalue weighted by atomic mass is 9.73. The number of piperidine rings is 1. The summed E-state index contributed by atoms with van der Waals surface area (Å²) in [7, 11) is 0. The molecule has 1 amide bonds. The van der Waals surface area contributed by atoms with Crippen LogP contribution < -0.4 is 11.5 Å². The van der Waals surface area contributed by atoms with Crippen molar-refractivity contribution in [2.24, 2.45) is 5.92 Å². The van der Waals surface area contributed by atoms with Crippen LogP contribution in [-0.2, 0) is 11.2 Å². The van der Waals surface area contributed by atoms with Crippen molar-refractivity contribution < 1.29 is 18.0 Å². The molecule has 1 aromatic carbocycles. The first kappa shape index (κ1) is 16.5. The largest absolute Gasteiger partial charge is 0.471 e. The minimum Gasteiger partial charge on any atom is -0.397 e. The zero-order valence-corrected chi connectivity index (χ0v) is 11.3. The summed E-state index contributed by atoms with van der Waals surface area (Å²) in [6, 6.07) is 3.55. The van der Waals surface area contributed by atoms with Crippen molar-refractivity contribution in [2.45, 2.75) is 32.4 Å². The first-order valence-corrected chi connectivity index (χ1v) is 6.79. The predicted octanol–water partition coefficient (Wildman–Crippen LogP) is 2.54. The van der Waals surface area contributed by atoms with Crippen molar-refractivity contribution in [3.8, 4) is 0 Å². The Labute approximate surface area is 127 Å². The third-order valence-electron chi connectivity index (χ3n) is 4.36. The summed E-state index contributed by atoms with van der Waals surface area (Å²) < 4.78 is 37.8. The molecule has 2 aliphatic rings. The smallest absolute Gasteiger partial charge is 0.397 e. The molecular formula is C15H20F3N3O. The number of hydrogen-bond donors (Lipinski definition) is 2. The van der Waals surface area contributed by atoms with Gasteiger partial charge in [-0.05, 0) is 42.0 Å². The third kappa shape index (κ3) is 2.71. The van der Waals surface area contributed by atoms with E-state index >= 15 is 0 Å². The molecule has 3 rings (SSSR count). The van der Waals surface area contributed by atoms with Gasteiger partial charge in [0.1, 0.15) is 0 Å². The normalized spacial score (nSPS) is 23.5. The lowest BCUT2D eigenvalue weighted by Gasteiger charge is -2.42. The summed E-state index contributed by atoms with van der Waals surface area (Å²) in [5.41, 5.74) is 14.5. The quantitative estimate of drug-likeness (QED) is 0.723. The number of nitrogen functional groups attached to an aromatic ring is 2. The van der Waals surface area contributed by atoms with E-state index in [2.05, 4.69) is 0 Å². The van der Waals surface area contributed by atoms with Crippen molar-refractivity contribution in [3.05, 3.63) is 23.3 Å². The van der Waals surface area contributed by atoms with Gasteiger partial charge in [0.25, 0.3) is 0 Å². The van der Waals surface area contributed by atoms with Crippen LogP contribution >= 0.6 is 0 Å². The monoisotopic (exact) mass is 315 g/mol. The van der Waals surface area contributed by atoms with Crippen LogP contribution in [0.5, 0.6) is 0 Å². The highest BCUT2D eigenvalue weighted by Gasteiger charge is 2.46. The van der Waals surface area contributed by atoms with Crippen molar-refractivity contribution in [1.29, 1.82) is 0 Å². The SMILES string of the molecule is C.Nc1cc2c(cc1N)C1CC(C2)CN(C(=O)C(F)(F)F)C1. The molecule has 22 heavy (non-hydrogen) atoms. The van der Waals surface area contributed by atoms with E-state index in [1.54, 1.807) is 6.07 Å². The number of alkyl halides is 3. The Morgan fingerprint density at radius 1 is 1.18 bits per heavy atom. The molecule has 4 nitrogen and oxygen atoms in total. The number of fused-ring (bicyclic) bond motifs is 4. The molecule has 1 aliphatic heterocycles. The minimum atomic E-state index is -4.81. The van der Waals surface area contributed by atoms with Gasteiger partial charge in [-0.25, -0.2) is 0 Å². The number of likely N-dealkylation sites (tertiary alicyclic amines) is 1. The molecule has 1 fully saturated rings. The number of anilines is 2. The molecule has 2 bridgehead atoms. The molecule has 0 saturated carbocycles. The van der Waals surface area contributed by atoms with Crippen LogP contribution in [0.25, 0.3) is 0 Å². The van der Waals surface area contributed by atoms with Crippen LogP contribution in [0.1, 0.15) is 30.9 Å². The maximum absolute atomic E-state index is 12.6. The van der Waals surface area contributed by atoms with Crippen LogP contribution in [0.4, 0.5) is 24.5 Å². The second-order valence-corrected chi connectivity index (χ2v) is 5.89. The van der Waals surface area contributed by atoms with Gasteiger partial charge in [-0.2, -0.15) is 13.2 Å². The summed E-state index contributed by atoms with van der Waals surface area (Å²) >= 11 is 0. The summed E-state index contributed by atoms with van der Waals surface area (Å²) in [6.45, 7) is 0.240. The Hall–Kier alpha value is -1.92. The minimum absolute atomic E-state index is 0. The Morgan fingerprint density at radius 2 is 1.82 bits per heavy atom. The zero-order chi connectivity index (χ0) is 15.4. The molecule has 4 N–H and O–H groups in total. The number of halogens is 3. The van der Waals surface area contributed by atoms with E-state index in [1.807, 2.05) is 6.07 Å². The molecule has 0 spiro atoms. The van der Waals surface area contributed by atoms with Crippen molar-refractivity contribution in [2.75, 3.05) is 24.6 Å². The van der Waals surface area contributed by atoms with Crippen LogP contribution in [0.3, 0.4) is 0 Å². The lowest BCUT2D eigenvalue weighted by Crippen LogP contribution is -2.50. The number of benzene rings is 1. The first-order valence-electron chi connectivity index (χ1n) is 6.79. The van der Waals surface area contributed by atoms with E-state index in [0.29, 0.717) is 17.8 Å². The maximum Gasteiger partial charge on any atom is 0.471 e. The Kier molecular flexibility index (Phi) is 4.02. The summed E-state index contributed by atoms with van der Waals surface area (Å²) in [6.07, 6.45) is -3.38. The molecule has 0 aromatic heterocycles. The molecule has 0 radical (unpaired) electrons. The number of nitrogens with zero attached hydrogens (tertiary/aromatic N) is 1.